The van der Waals surface area contributed by atoms with Crippen LogP contribution in [0.15, 0.2) is 42.5 Å². The van der Waals surface area contributed by atoms with E-state index in [-0.39, 0.29) is 17.7 Å². The van der Waals surface area contributed by atoms with E-state index in [4.69, 9.17) is 4.74 Å². The lowest BCUT2D eigenvalue weighted by molar-refractivity contribution is -0.148. The Bertz CT molecular complexity index is 1180. The minimum atomic E-state index is -0.936. The summed E-state index contributed by atoms with van der Waals surface area (Å²) >= 11 is 0. The monoisotopic (exact) mass is 565 g/mol. The van der Waals surface area contributed by atoms with Crippen LogP contribution in [0.25, 0.3) is 0 Å². The maximum Gasteiger partial charge on any atom is 0.408 e. The summed E-state index contributed by atoms with van der Waals surface area (Å²) in [6, 6.07) is 11.9. The smallest absolute Gasteiger partial charge is 0.408 e. The second kappa shape index (κ2) is 14.0. The molecule has 0 fully saturated rings. The number of ether oxygens (including phenoxy) is 1. The van der Waals surface area contributed by atoms with Crippen LogP contribution in [0.3, 0.4) is 0 Å². The molecule has 0 bridgehead atoms. The van der Waals surface area contributed by atoms with Crippen molar-refractivity contribution in [3.05, 3.63) is 64.7 Å². The number of nitrogens with zero attached hydrogens (tertiary/aromatic N) is 1. The quantitative estimate of drug-likeness (QED) is 0.295. The van der Waals surface area contributed by atoms with Gasteiger partial charge in [-0.25, -0.2) is 4.79 Å². The Balaban J connectivity index is 2.71. The number of nitrogens with one attached hydrogen (secondary N) is 2. The van der Waals surface area contributed by atoms with Gasteiger partial charge in [-0.15, -0.1) is 0 Å². The summed E-state index contributed by atoms with van der Waals surface area (Å²) < 4.78 is 5.53. The van der Waals surface area contributed by atoms with E-state index in [0.717, 1.165) is 28.8 Å². The zero-order valence-electron chi connectivity index (χ0n) is 27.0. The first-order chi connectivity index (χ1) is 19.1. The highest BCUT2D eigenvalue weighted by Crippen LogP contribution is 2.35. The van der Waals surface area contributed by atoms with E-state index in [0.29, 0.717) is 18.4 Å². The lowest BCUT2D eigenvalue weighted by Gasteiger charge is -2.45. The van der Waals surface area contributed by atoms with Crippen LogP contribution >= 0.6 is 0 Å². The molecule has 2 rings (SSSR count). The molecule has 0 aliphatic carbocycles. The van der Waals surface area contributed by atoms with Crippen LogP contribution < -0.4 is 10.6 Å². The fraction of sp³-hybridized carbons (Fsp3) is 0.559. The molecule has 0 aliphatic rings. The first-order valence-electron chi connectivity index (χ1n) is 14.8. The summed E-state index contributed by atoms with van der Waals surface area (Å²) in [4.78, 5) is 43.6. The van der Waals surface area contributed by atoms with Gasteiger partial charge in [-0.3, -0.25) is 9.59 Å². The second-order valence-electron chi connectivity index (χ2n) is 12.6. The lowest BCUT2D eigenvalue weighted by atomic mass is 9.89. The Hall–Kier alpha value is -3.35. The van der Waals surface area contributed by atoms with Crippen LogP contribution in [0, 0.1) is 19.8 Å². The molecule has 2 aromatic rings. The number of alkyl carbamates (subject to hydrolysis) is 1. The zero-order chi connectivity index (χ0) is 31.1. The number of benzene rings is 2. The Kier molecular flexibility index (Phi) is 11.6. The third-order valence-corrected chi connectivity index (χ3v) is 7.85. The molecule has 0 saturated heterocycles. The first-order valence-corrected chi connectivity index (χ1v) is 14.8. The van der Waals surface area contributed by atoms with Crippen LogP contribution in [0.5, 0.6) is 0 Å². The summed E-state index contributed by atoms with van der Waals surface area (Å²) in [6.45, 7) is 21.2. The molecule has 0 aromatic heterocycles. The van der Waals surface area contributed by atoms with Crippen molar-refractivity contribution in [1.82, 2.24) is 10.2 Å². The second-order valence-corrected chi connectivity index (χ2v) is 12.6. The lowest BCUT2D eigenvalue weighted by Crippen LogP contribution is -2.60. The predicted molar refractivity (Wildman–Crippen MR) is 167 cm³/mol. The van der Waals surface area contributed by atoms with Gasteiger partial charge in [0.05, 0.1) is 0 Å². The third kappa shape index (κ3) is 8.82. The van der Waals surface area contributed by atoms with Crippen LogP contribution in [0.1, 0.15) is 103 Å². The van der Waals surface area contributed by atoms with Crippen molar-refractivity contribution in [3.8, 4) is 0 Å². The maximum absolute atomic E-state index is 14.7. The first kappa shape index (κ1) is 33.9. The number of hydrogen-bond donors (Lipinski definition) is 2. The Labute approximate surface area is 247 Å². The fourth-order valence-electron chi connectivity index (χ4n) is 4.77. The maximum atomic E-state index is 14.7. The van der Waals surface area contributed by atoms with E-state index >= 15 is 0 Å². The number of carbonyl (C=O) groups excluding carboxylic acids is 3. The minimum absolute atomic E-state index is 0.199. The average Bonchev–Trinajstić information content (AvgIpc) is 2.90. The molecule has 2 N–H and O–H groups in total. The number of aryl methyl sites for hydroxylation is 3. The van der Waals surface area contributed by atoms with Gasteiger partial charge in [-0.05, 0) is 89.5 Å². The standard InChI is InChI=1S/C34H51N3O4/c1-12-22(4)28(36-32(40)41-33(7,8)9)31(39)37(34(10,11)14-3)29(26-20-18-25(13-2)19-21-26)30(38)35-27-23(5)16-15-17-24(27)6/h15-22,28-29H,12-14H2,1-11H3,(H,35,38)(H,36,40). The van der Waals surface area contributed by atoms with E-state index in [1.54, 1.807) is 25.7 Å². The number of rotatable bonds is 11. The van der Waals surface area contributed by atoms with Gasteiger partial charge >= 0.3 is 6.09 Å². The number of hydrogen-bond acceptors (Lipinski definition) is 4. The molecular weight excluding hydrogens is 514 g/mol. The molecule has 3 unspecified atom stereocenters. The molecule has 2 aromatic carbocycles. The van der Waals surface area contributed by atoms with Crippen molar-refractivity contribution < 1.29 is 19.1 Å². The normalized spacial score (nSPS) is 14.0. The van der Waals surface area contributed by atoms with Crippen molar-refractivity contribution in [2.24, 2.45) is 5.92 Å². The molecule has 41 heavy (non-hydrogen) atoms. The van der Waals surface area contributed by atoms with Gasteiger partial charge in [0.15, 0.2) is 0 Å². The van der Waals surface area contributed by atoms with Gasteiger partial charge in [-0.2, -0.15) is 0 Å². The van der Waals surface area contributed by atoms with Gasteiger partial charge in [0.25, 0.3) is 5.91 Å². The molecule has 226 valence electrons. The summed E-state index contributed by atoms with van der Waals surface area (Å²) in [5.41, 5.74) is 3.03. The van der Waals surface area contributed by atoms with Crippen molar-refractivity contribution in [2.75, 3.05) is 5.32 Å². The van der Waals surface area contributed by atoms with Crippen molar-refractivity contribution in [3.63, 3.8) is 0 Å². The predicted octanol–water partition coefficient (Wildman–Crippen LogP) is 7.50. The summed E-state index contributed by atoms with van der Waals surface area (Å²) in [7, 11) is 0. The summed E-state index contributed by atoms with van der Waals surface area (Å²) in [5.74, 6) is -0.824. The molecule has 0 heterocycles. The van der Waals surface area contributed by atoms with E-state index in [1.807, 2.05) is 90.9 Å². The number of anilines is 1. The largest absolute Gasteiger partial charge is 0.444 e. The Morgan fingerprint density at radius 3 is 1.93 bits per heavy atom. The van der Waals surface area contributed by atoms with Crippen LogP contribution in [-0.4, -0.2) is 40.0 Å². The van der Waals surface area contributed by atoms with Crippen LogP contribution in [0.2, 0.25) is 0 Å². The number of para-hydroxylation sites is 1. The topological polar surface area (TPSA) is 87.7 Å². The Morgan fingerprint density at radius 2 is 1.46 bits per heavy atom. The van der Waals surface area contributed by atoms with Crippen molar-refractivity contribution in [1.29, 1.82) is 0 Å². The van der Waals surface area contributed by atoms with Gasteiger partial charge < -0.3 is 20.3 Å². The SMILES string of the molecule is CCc1ccc(C(C(=O)Nc2c(C)cccc2C)N(C(=O)C(NC(=O)OC(C)(C)C)C(C)CC)C(C)(C)CC)cc1. The highest BCUT2D eigenvalue weighted by Gasteiger charge is 2.44. The highest BCUT2D eigenvalue weighted by molar-refractivity contribution is 6.00. The van der Waals surface area contributed by atoms with Gasteiger partial charge in [0.1, 0.15) is 17.7 Å². The van der Waals surface area contributed by atoms with Gasteiger partial charge in [0.2, 0.25) is 5.91 Å². The summed E-state index contributed by atoms with van der Waals surface area (Å²) in [6.07, 6.45) is 1.45. The Morgan fingerprint density at radius 1 is 0.902 bits per heavy atom. The third-order valence-electron chi connectivity index (χ3n) is 7.85. The highest BCUT2D eigenvalue weighted by atomic mass is 16.6. The molecule has 0 spiro atoms. The van der Waals surface area contributed by atoms with E-state index in [1.165, 1.54) is 0 Å². The molecule has 3 atom stereocenters. The van der Waals surface area contributed by atoms with Crippen LogP contribution in [0.4, 0.5) is 10.5 Å². The molecule has 7 heteroatoms. The van der Waals surface area contributed by atoms with Crippen molar-refractivity contribution in [2.45, 2.75) is 119 Å². The molecule has 0 radical (unpaired) electrons. The average molecular weight is 566 g/mol. The molecule has 0 aliphatic heterocycles. The zero-order valence-corrected chi connectivity index (χ0v) is 27.0. The molecule has 7 nitrogen and oxygen atoms in total. The van der Waals surface area contributed by atoms with Crippen molar-refractivity contribution >= 4 is 23.6 Å². The number of carbonyl (C=O) groups is 3. The molecular formula is C34H51N3O4. The number of amides is 3. The molecule has 3 amide bonds. The van der Waals surface area contributed by atoms with E-state index in [2.05, 4.69) is 17.6 Å². The summed E-state index contributed by atoms with van der Waals surface area (Å²) in [5, 5.41) is 5.99. The van der Waals surface area contributed by atoms with Gasteiger partial charge in [0, 0.05) is 11.2 Å². The van der Waals surface area contributed by atoms with E-state index < -0.39 is 29.3 Å². The minimum Gasteiger partial charge on any atom is -0.444 e. The fourth-order valence-corrected chi connectivity index (χ4v) is 4.77. The molecule has 0 saturated carbocycles. The van der Waals surface area contributed by atoms with Crippen LogP contribution in [-0.2, 0) is 20.7 Å². The van der Waals surface area contributed by atoms with Gasteiger partial charge in [-0.1, -0.05) is 76.6 Å². The van der Waals surface area contributed by atoms with E-state index in [9.17, 15) is 14.4 Å².